The topological polar surface area (TPSA) is 82.5 Å². The average Bonchev–Trinajstić information content (AvgIpc) is 2.98. The first kappa shape index (κ1) is 13.9. The van der Waals surface area contributed by atoms with Crippen molar-refractivity contribution >= 4 is 33.5 Å². The summed E-state index contributed by atoms with van der Waals surface area (Å²) in [4.78, 5) is 16.0. The van der Waals surface area contributed by atoms with Gasteiger partial charge in [0.15, 0.2) is 11.6 Å². The van der Waals surface area contributed by atoms with Crippen LogP contribution in [0.2, 0.25) is 5.02 Å². The molecule has 2 aromatic heterocycles. The molecule has 0 unspecified atom stereocenters. The van der Waals surface area contributed by atoms with E-state index in [0.29, 0.717) is 4.47 Å². The maximum atomic E-state index is 14.2. The number of hydrogen-bond donors (Lipinski definition) is 1. The van der Waals surface area contributed by atoms with Crippen LogP contribution in [0.4, 0.5) is 10.3 Å². The zero-order valence-electron chi connectivity index (χ0n) is 10.3. The van der Waals surface area contributed by atoms with E-state index in [2.05, 4.69) is 35.9 Å². The first-order valence-electron chi connectivity index (χ1n) is 5.70. The Hall–Kier alpha value is -2.06. The van der Waals surface area contributed by atoms with Gasteiger partial charge in [-0.1, -0.05) is 11.6 Å². The third-order valence-corrected chi connectivity index (χ3v) is 3.91. The van der Waals surface area contributed by atoms with Gasteiger partial charge in [-0.15, -0.1) is 0 Å². The second-order valence-corrected chi connectivity index (χ2v) is 5.24. The summed E-state index contributed by atoms with van der Waals surface area (Å²) >= 11 is 9.02. The molecule has 3 rings (SSSR count). The molecule has 0 aliphatic rings. The molecule has 0 amide bonds. The van der Waals surface area contributed by atoms with Gasteiger partial charge in [0.25, 0.3) is 0 Å². The van der Waals surface area contributed by atoms with Crippen molar-refractivity contribution in [3.8, 4) is 17.3 Å². The third-order valence-electron chi connectivity index (χ3n) is 2.65. The number of aromatic nitrogens is 5. The van der Waals surface area contributed by atoms with Crippen molar-refractivity contribution in [1.82, 2.24) is 24.5 Å². The molecule has 106 valence electrons. The summed E-state index contributed by atoms with van der Waals surface area (Å²) in [7, 11) is 0. The van der Waals surface area contributed by atoms with Crippen LogP contribution in [-0.2, 0) is 0 Å². The van der Waals surface area contributed by atoms with Gasteiger partial charge in [-0.3, -0.25) is 4.57 Å². The number of nitrogen functional groups attached to an aromatic ring is 1. The van der Waals surface area contributed by atoms with Crippen molar-refractivity contribution in [2.75, 3.05) is 5.73 Å². The van der Waals surface area contributed by atoms with Gasteiger partial charge in [-0.2, -0.15) is 15.0 Å². The molecule has 0 fully saturated rings. The standard InChI is InChI=1S/C12H7BrClFN6/c13-7-2-1-6(9(15)8(7)14)10-18-11(16)20-12(19-10)21-4-3-17-5-21/h1-5H,(H2,16,18,19,20). The Labute approximate surface area is 132 Å². The summed E-state index contributed by atoms with van der Waals surface area (Å²) < 4.78 is 16.2. The van der Waals surface area contributed by atoms with Crippen LogP contribution in [0.3, 0.4) is 0 Å². The predicted octanol–water partition coefficient (Wildman–Crippen LogP) is 2.86. The van der Waals surface area contributed by atoms with E-state index >= 15 is 0 Å². The van der Waals surface area contributed by atoms with E-state index in [1.807, 2.05) is 0 Å². The summed E-state index contributed by atoms with van der Waals surface area (Å²) in [6.07, 6.45) is 4.71. The molecule has 1 aromatic carbocycles. The third kappa shape index (κ3) is 2.59. The number of nitrogens with two attached hydrogens (primary N) is 1. The fraction of sp³-hybridized carbons (Fsp3) is 0. The number of imidazole rings is 1. The molecule has 0 bridgehead atoms. The highest BCUT2D eigenvalue weighted by Crippen LogP contribution is 2.31. The van der Waals surface area contributed by atoms with Gasteiger partial charge in [0.05, 0.1) is 10.6 Å². The van der Waals surface area contributed by atoms with Crippen LogP contribution < -0.4 is 5.73 Å². The van der Waals surface area contributed by atoms with Crippen molar-refractivity contribution in [3.63, 3.8) is 0 Å². The van der Waals surface area contributed by atoms with Crippen molar-refractivity contribution in [2.24, 2.45) is 0 Å². The van der Waals surface area contributed by atoms with Gasteiger partial charge in [0.2, 0.25) is 11.9 Å². The fourth-order valence-electron chi connectivity index (χ4n) is 1.69. The van der Waals surface area contributed by atoms with Gasteiger partial charge in [-0.05, 0) is 28.1 Å². The molecule has 0 atom stereocenters. The highest BCUT2D eigenvalue weighted by atomic mass is 79.9. The number of nitrogens with zero attached hydrogens (tertiary/aromatic N) is 5. The summed E-state index contributed by atoms with van der Waals surface area (Å²) in [5.74, 6) is -0.318. The normalized spacial score (nSPS) is 10.8. The Kier molecular flexibility index (Phi) is 3.56. The Morgan fingerprint density at radius 1 is 1.24 bits per heavy atom. The molecule has 3 aromatic rings. The second kappa shape index (κ2) is 5.38. The maximum Gasteiger partial charge on any atom is 0.240 e. The Morgan fingerprint density at radius 2 is 2.05 bits per heavy atom. The molecular weight excluding hydrogens is 363 g/mol. The maximum absolute atomic E-state index is 14.2. The Bertz CT molecular complexity index is 808. The lowest BCUT2D eigenvalue weighted by molar-refractivity contribution is 0.629. The summed E-state index contributed by atoms with van der Waals surface area (Å²) in [5, 5.41) is -0.0457. The molecule has 2 N–H and O–H groups in total. The van der Waals surface area contributed by atoms with Crippen LogP contribution in [0.5, 0.6) is 0 Å². The number of halogens is 3. The first-order chi connectivity index (χ1) is 10.1. The molecule has 0 aliphatic heterocycles. The monoisotopic (exact) mass is 368 g/mol. The molecule has 0 radical (unpaired) electrons. The van der Waals surface area contributed by atoms with Crippen molar-refractivity contribution < 1.29 is 4.39 Å². The minimum absolute atomic E-state index is 0.0258. The van der Waals surface area contributed by atoms with E-state index < -0.39 is 5.82 Å². The molecule has 21 heavy (non-hydrogen) atoms. The second-order valence-electron chi connectivity index (χ2n) is 4.01. The molecule has 2 heterocycles. The van der Waals surface area contributed by atoms with Gasteiger partial charge < -0.3 is 5.73 Å². The number of rotatable bonds is 2. The Balaban J connectivity index is 2.18. The van der Waals surface area contributed by atoms with Crippen LogP contribution in [0.25, 0.3) is 17.3 Å². The summed E-state index contributed by atoms with van der Waals surface area (Å²) in [5.41, 5.74) is 5.80. The zero-order chi connectivity index (χ0) is 15.0. The van der Waals surface area contributed by atoms with Crippen LogP contribution in [0.15, 0.2) is 35.3 Å². The van der Waals surface area contributed by atoms with E-state index in [0.717, 1.165) is 0 Å². The average molecular weight is 370 g/mol. The first-order valence-corrected chi connectivity index (χ1v) is 6.87. The molecule has 0 saturated carbocycles. The molecule has 0 spiro atoms. The lowest BCUT2D eigenvalue weighted by Crippen LogP contribution is -2.07. The minimum atomic E-state index is -0.631. The van der Waals surface area contributed by atoms with Crippen molar-refractivity contribution in [1.29, 1.82) is 0 Å². The van der Waals surface area contributed by atoms with E-state index in [4.69, 9.17) is 17.3 Å². The van der Waals surface area contributed by atoms with Gasteiger partial charge in [-0.25, -0.2) is 9.37 Å². The molecular formula is C12H7BrClFN6. The lowest BCUT2D eigenvalue weighted by Gasteiger charge is -2.07. The van der Waals surface area contributed by atoms with E-state index in [9.17, 15) is 4.39 Å². The smallest absolute Gasteiger partial charge is 0.240 e. The SMILES string of the molecule is Nc1nc(-c2ccc(Br)c(Cl)c2F)nc(-n2ccnc2)n1. The Morgan fingerprint density at radius 3 is 2.76 bits per heavy atom. The van der Waals surface area contributed by atoms with E-state index in [-0.39, 0.29) is 28.3 Å². The summed E-state index contributed by atoms with van der Waals surface area (Å²) in [6.45, 7) is 0. The van der Waals surface area contributed by atoms with Crippen LogP contribution >= 0.6 is 27.5 Å². The molecule has 9 heteroatoms. The number of benzene rings is 1. The summed E-state index contributed by atoms with van der Waals surface area (Å²) in [6, 6.07) is 3.12. The number of hydrogen-bond acceptors (Lipinski definition) is 5. The highest BCUT2D eigenvalue weighted by molar-refractivity contribution is 9.10. The highest BCUT2D eigenvalue weighted by Gasteiger charge is 2.16. The van der Waals surface area contributed by atoms with Crippen LogP contribution in [-0.4, -0.2) is 24.5 Å². The lowest BCUT2D eigenvalue weighted by atomic mass is 10.2. The van der Waals surface area contributed by atoms with E-state index in [1.54, 1.807) is 23.0 Å². The molecule has 6 nitrogen and oxygen atoms in total. The molecule has 0 aliphatic carbocycles. The quantitative estimate of drug-likeness (QED) is 0.702. The zero-order valence-corrected chi connectivity index (χ0v) is 12.7. The largest absolute Gasteiger partial charge is 0.368 e. The van der Waals surface area contributed by atoms with Crippen molar-refractivity contribution in [2.45, 2.75) is 0 Å². The van der Waals surface area contributed by atoms with Gasteiger partial charge in [0.1, 0.15) is 6.33 Å². The van der Waals surface area contributed by atoms with Crippen LogP contribution in [0, 0.1) is 5.82 Å². The fourth-order valence-corrected chi connectivity index (χ4v) is 2.16. The van der Waals surface area contributed by atoms with Gasteiger partial charge >= 0.3 is 0 Å². The van der Waals surface area contributed by atoms with Crippen molar-refractivity contribution in [3.05, 3.63) is 46.2 Å². The van der Waals surface area contributed by atoms with Crippen LogP contribution in [0.1, 0.15) is 0 Å². The predicted molar refractivity (Wildman–Crippen MR) is 79.5 cm³/mol. The minimum Gasteiger partial charge on any atom is -0.368 e. The molecule has 0 saturated heterocycles. The number of anilines is 1. The van der Waals surface area contributed by atoms with E-state index in [1.165, 1.54) is 12.4 Å². The van der Waals surface area contributed by atoms with Gasteiger partial charge in [0, 0.05) is 16.9 Å².